The minimum absolute atomic E-state index is 0.113. The van der Waals surface area contributed by atoms with Gasteiger partial charge in [0.05, 0.1) is 5.41 Å². The Morgan fingerprint density at radius 1 is 1.43 bits per heavy atom. The Balaban J connectivity index is 1.90. The first-order chi connectivity index (χ1) is 9.93. The lowest BCUT2D eigenvalue weighted by molar-refractivity contribution is -0.149. The number of carboxylic acid groups (broad SMARTS) is 1. The van der Waals surface area contributed by atoms with E-state index in [-0.39, 0.29) is 11.9 Å². The third kappa shape index (κ3) is 3.35. The molecule has 0 bridgehead atoms. The Hall–Kier alpha value is -2.04. The molecule has 2 unspecified atom stereocenters. The zero-order chi connectivity index (χ0) is 15.5. The third-order valence-electron chi connectivity index (χ3n) is 4.46. The molecule has 1 aromatic carbocycles. The number of amides is 1. The molecular weight excluding hydrogens is 268 g/mol. The van der Waals surface area contributed by atoms with E-state index in [1.807, 2.05) is 24.3 Å². The van der Waals surface area contributed by atoms with Crippen molar-refractivity contribution < 1.29 is 14.7 Å². The summed E-state index contributed by atoms with van der Waals surface area (Å²) in [4.78, 5) is 23.4. The van der Waals surface area contributed by atoms with E-state index in [1.54, 1.807) is 6.92 Å². The predicted molar refractivity (Wildman–Crippen MR) is 80.7 cm³/mol. The number of para-hydroxylation sites is 1. The van der Waals surface area contributed by atoms with Gasteiger partial charge in [-0.3, -0.25) is 9.59 Å². The van der Waals surface area contributed by atoms with Crippen LogP contribution in [0.3, 0.4) is 0 Å². The van der Waals surface area contributed by atoms with Crippen LogP contribution in [-0.2, 0) is 16.0 Å². The van der Waals surface area contributed by atoms with E-state index < -0.39 is 11.4 Å². The summed E-state index contributed by atoms with van der Waals surface area (Å²) in [5, 5.41) is 12.2. The summed E-state index contributed by atoms with van der Waals surface area (Å²) in [6.07, 6.45) is 3.05. The SMILES string of the molecule is CC1(C(=O)O)CCCC1NC(=O)CCc1ccccc1N. The standard InChI is InChI=1S/C16H22N2O3/c1-16(15(20)21)10-4-7-13(16)18-14(19)9-8-11-5-2-3-6-12(11)17/h2-3,5-6,13H,4,7-10,17H2,1H3,(H,18,19)(H,20,21). The second-order valence-corrected chi connectivity index (χ2v) is 5.93. The van der Waals surface area contributed by atoms with E-state index in [9.17, 15) is 14.7 Å². The fourth-order valence-electron chi connectivity index (χ4n) is 2.93. The Morgan fingerprint density at radius 2 is 2.14 bits per heavy atom. The molecule has 1 amide bonds. The largest absolute Gasteiger partial charge is 0.481 e. The molecule has 114 valence electrons. The van der Waals surface area contributed by atoms with Crippen LogP contribution in [0.2, 0.25) is 0 Å². The Morgan fingerprint density at radius 3 is 2.81 bits per heavy atom. The highest BCUT2D eigenvalue weighted by Crippen LogP contribution is 2.38. The molecule has 0 saturated heterocycles. The number of nitrogens with one attached hydrogen (secondary N) is 1. The van der Waals surface area contributed by atoms with E-state index >= 15 is 0 Å². The highest BCUT2D eigenvalue weighted by molar-refractivity contribution is 5.80. The highest BCUT2D eigenvalue weighted by Gasteiger charge is 2.45. The molecule has 4 N–H and O–H groups in total. The zero-order valence-corrected chi connectivity index (χ0v) is 12.3. The third-order valence-corrected chi connectivity index (χ3v) is 4.46. The van der Waals surface area contributed by atoms with Gasteiger partial charge in [-0.15, -0.1) is 0 Å². The summed E-state index contributed by atoms with van der Waals surface area (Å²) in [5.74, 6) is -0.949. The van der Waals surface area contributed by atoms with Gasteiger partial charge in [0.2, 0.25) is 5.91 Å². The van der Waals surface area contributed by atoms with E-state index in [4.69, 9.17) is 5.73 Å². The molecule has 5 nitrogen and oxygen atoms in total. The number of carbonyl (C=O) groups is 2. The summed E-state index contributed by atoms with van der Waals surface area (Å²) >= 11 is 0. The van der Waals surface area contributed by atoms with Crippen molar-refractivity contribution >= 4 is 17.6 Å². The number of hydrogen-bond donors (Lipinski definition) is 3. The number of benzene rings is 1. The van der Waals surface area contributed by atoms with Crippen LogP contribution in [-0.4, -0.2) is 23.0 Å². The molecule has 21 heavy (non-hydrogen) atoms. The minimum atomic E-state index is -0.846. The second-order valence-electron chi connectivity index (χ2n) is 5.93. The van der Waals surface area contributed by atoms with Gasteiger partial charge in [0, 0.05) is 18.2 Å². The van der Waals surface area contributed by atoms with E-state index in [1.165, 1.54) is 0 Å². The van der Waals surface area contributed by atoms with Crippen molar-refractivity contribution in [2.45, 2.75) is 45.1 Å². The Bertz CT molecular complexity index is 544. The number of carbonyl (C=O) groups excluding carboxylic acids is 1. The average Bonchev–Trinajstić information content (AvgIpc) is 2.81. The van der Waals surface area contributed by atoms with Gasteiger partial charge >= 0.3 is 5.97 Å². The van der Waals surface area contributed by atoms with Crippen LogP contribution in [0.1, 0.15) is 38.2 Å². The maximum Gasteiger partial charge on any atom is 0.311 e. The van der Waals surface area contributed by atoms with Gasteiger partial charge in [0.15, 0.2) is 0 Å². The number of carboxylic acids is 1. The van der Waals surface area contributed by atoms with Gasteiger partial charge in [-0.05, 0) is 37.8 Å². The predicted octanol–water partition coefficient (Wildman–Crippen LogP) is 1.96. The van der Waals surface area contributed by atoms with Crippen LogP contribution in [0.25, 0.3) is 0 Å². The smallest absolute Gasteiger partial charge is 0.311 e. The van der Waals surface area contributed by atoms with Crippen LogP contribution >= 0.6 is 0 Å². The highest BCUT2D eigenvalue weighted by atomic mass is 16.4. The molecular formula is C16H22N2O3. The minimum Gasteiger partial charge on any atom is -0.481 e. The molecule has 0 heterocycles. The first kappa shape index (κ1) is 15.4. The number of nitrogen functional groups attached to an aromatic ring is 1. The summed E-state index contributed by atoms with van der Waals surface area (Å²) in [7, 11) is 0. The number of hydrogen-bond acceptors (Lipinski definition) is 3. The molecule has 1 aliphatic carbocycles. The van der Waals surface area contributed by atoms with E-state index in [2.05, 4.69) is 5.32 Å². The molecule has 2 atom stereocenters. The molecule has 1 saturated carbocycles. The van der Waals surface area contributed by atoms with Crippen LogP contribution in [0.15, 0.2) is 24.3 Å². The zero-order valence-electron chi connectivity index (χ0n) is 12.3. The van der Waals surface area contributed by atoms with Gasteiger partial charge in [-0.25, -0.2) is 0 Å². The normalized spacial score (nSPS) is 24.7. The van der Waals surface area contributed by atoms with Crippen molar-refractivity contribution in [1.82, 2.24) is 5.32 Å². The molecule has 2 rings (SSSR count). The van der Waals surface area contributed by atoms with Crippen LogP contribution in [0.5, 0.6) is 0 Å². The fraction of sp³-hybridized carbons (Fsp3) is 0.500. The van der Waals surface area contributed by atoms with Gasteiger partial charge < -0.3 is 16.2 Å². The van der Waals surface area contributed by atoms with E-state index in [0.717, 1.165) is 18.4 Å². The summed E-state index contributed by atoms with van der Waals surface area (Å²) in [5.41, 5.74) is 6.62. The van der Waals surface area contributed by atoms with Crippen molar-refractivity contribution in [3.63, 3.8) is 0 Å². The number of aryl methyl sites for hydroxylation is 1. The molecule has 1 aliphatic rings. The molecule has 0 aromatic heterocycles. The number of aliphatic carboxylic acids is 1. The van der Waals surface area contributed by atoms with Crippen LogP contribution in [0, 0.1) is 5.41 Å². The summed E-state index contributed by atoms with van der Waals surface area (Å²) in [6, 6.07) is 7.18. The second kappa shape index (κ2) is 6.16. The van der Waals surface area contributed by atoms with Crippen molar-refractivity contribution in [2.75, 3.05) is 5.73 Å². The quantitative estimate of drug-likeness (QED) is 0.723. The van der Waals surface area contributed by atoms with Gasteiger partial charge in [0.1, 0.15) is 0 Å². The Labute approximate surface area is 124 Å². The van der Waals surface area contributed by atoms with E-state index in [0.29, 0.717) is 24.9 Å². The molecule has 5 heteroatoms. The first-order valence-electron chi connectivity index (χ1n) is 7.29. The number of nitrogens with two attached hydrogens (primary N) is 1. The fourth-order valence-corrected chi connectivity index (χ4v) is 2.93. The summed E-state index contributed by atoms with van der Waals surface area (Å²) in [6.45, 7) is 1.71. The summed E-state index contributed by atoms with van der Waals surface area (Å²) < 4.78 is 0. The maximum absolute atomic E-state index is 12.0. The van der Waals surface area contributed by atoms with Crippen molar-refractivity contribution in [1.29, 1.82) is 0 Å². The lowest BCUT2D eigenvalue weighted by atomic mass is 9.85. The van der Waals surface area contributed by atoms with Crippen molar-refractivity contribution in [3.05, 3.63) is 29.8 Å². The average molecular weight is 290 g/mol. The lowest BCUT2D eigenvalue weighted by Gasteiger charge is -2.27. The Kier molecular flexibility index (Phi) is 4.50. The molecule has 0 spiro atoms. The number of rotatable bonds is 5. The topological polar surface area (TPSA) is 92.4 Å². The molecule has 1 fully saturated rings. The van der Waals surface area contributed by atoms with Crippen LogP contribution in [0.4, 0.5) is 5.69 Å². The van der Waals surface area contributed by atoms with Crippen molar-refractivity contribution in [2.24, 2.45) is 5.41 Å². The van der Waals surface area contributed by atoms with Gasteiger partial charge in [-0.1, -0.05) is 24.6 Å². The van der Waals surface area contributed by atoms with Crippen molar-refractivity contribution in [3.8, 4) is 0 Å². The number of anilines is 1. The first-order valence-corrected chi connectivity index (χ1v) is 7.29. The van der Waals surface area contributed by atoms with Gasteiger partial charge in [-0.2, -0.15) is 0 Å². The van der Waals surface area contributed by atoms with Crippen LogP contribution < -0.4 is 11.1 Å². The lowest BCUT2D eigenvalue weighted by Crippen LogP contribution is -2.47. The maximum atomic E-state index is 12.0. The molecule has 0 radical (unpaired) electrons. The molecule has 0 aliphatic heterocycles. The monoisotopic (exact) mass is 290 g/mol. The molecule has 1 aromatic rings. The van der Waals surface area contributed by atoms with Gasteiger partial charge in [0.25, 0.3) is 0 Å².